The van der Waals surface area contributed by atoms with E-state index in [-0.39, 0.29) is 0 Å². The normalized spacial score (nSPS) is 14.6. The van der Waals surface area contributed by atoms with E-state index in [0.29, 0.717) is 5.41 Å². The molecule has 0 saturated heterocycles. The highest BCUT2D eigenvalue weighted by Gasteiger charge is 2.15. The molecule has 0 aliphatic carbocycles. The van der Waals surface area contributed by atoms with Gasteiger partial charge in [-0.05, 0) is 37.3 Å². The van der Waals surface area contributed by atoms with Gasteiger partial charge in [-0.15, -0.1) is 0 Å². The highest BCUT2D eigenvalue weighted by Crippen LogP contribution is 2.25. The maximum atomic E-state index is 5.57. The smallest absolute Gasteiger partial charge is 0.0104 e. The summed E-state index contributed by atoms with van der Waals surface area (Å²) in [6.07, 6.45) is 2.61. The highest BCUT2D eigenvalue weighted by atomic mass is 15.1. The Hall–Kier alpha value is -0.0800. The highest BCUT2D eigenvalue weighted by molar-refractivity contribution is 4.68. The molecule has 0 aromatic rings. The first kappa shape index (κ1) is 14.9. The zero-order valence-corrected chi connectivity index (χ0v) is 11.3. The van der Waals surface area contributed by atoms with Gasteiger partial charge in [0.05, 0.1) is 0 Å². The zero-order chi connectivity index (χ0) is 11.9. The molecule has 2 nitrogen and oxygen atoms in total. The van der Waals surface area contributed by atoms with Gasteiger partial charge in [-0.2, -0.15) is 0 Å². The summed E-state index contributed by atoms with van der Waals surface area (Å²) in [6, 6.07) is 0. The number of nitrogens with two attached hydrogens (primary N) is 1. The molecule has 1 unspecified atom stereocenters. The van der Waals surface area contributed by atoms with Crippen molar-refractivity contribution in [3.63, 3.8) is 0 Å². The van der Waals surface area contributed by atoms with Gasteiger partial charge in [-0.3, -0.25) is 0 Å². The van der Waals surface area contributed by atoms with Crippen LogP contribution >= 0.6 is 0 Å². The molecule has 0 aliphatic rings. The number of hydrogen-bond donors (Lipinski definition) is 1. The van der Waals surface area contributed by atoms with Crippen molar-refractivity contribution < 1.29 is 0 Å². The quantitative estimate of drug-likeness (QED) is 0.706. The SMILES string of the molecule is CCN(CCN)CCC(C)CC(C)(C)C. The summed E-state index contributed by atoms with van der Waals surface area (Å²) in [7, 11) is 0. The Morgan fingerprint density at radius 2 is 1.80 bits per heavy atom. The molecule has 0 radical (unpaired) electrons. The molecule has 0 spiro atoms. The molecule has 2 heteroatoms. The van der Waals surface area contributed by atoms with Crippen molar-refractivity contribution in [3.8, 4) is 0 Å². The predicted octanol–water partition coefficient (Wildman–Crippen LogP) is 2.73. The minimum absolute atomic E-state index is 0.463. The third-order valence-electron chi connectivity index (χ3n) is 2.79. The summed E-state index contributed by atoms with van der Waals surface area (Å²) < 4.78 is 0. The molecule has 0 aliphatic heterocycles. The van der Waals surface area contributed by atoms with E-state index in [2.05, 4.69) is 39.5 Å². The van der Waals surface area contributed by atoms with Crippen LogP contribution in [0.25, 0.3) is 0 Å². The first-order valence-electron chi connectivity index (χ1n) is 6.31. The second kappa shape index (κ2) is 7.24. The summed E-state index contributed by atoms with van der Waals surface area (Å²) in [6.45, 7) is 15.7. The Labute approximate surface area is 96.2 Å². The van der Waals surface area contributed by atoms with Crippen molar-refractivity contribution in [3.05, 3.63) is 0 Å². The molecule has 2 N–H and O–H groups in total. The summed E-state index contributed by atoms with van der Waals surface area (Å²) in [5.41, 5.74) is 6.03. The van der Waals surface area contributed by atoms with Crippen LogP contribution in [-0.2, 0) is 0 Å². The summed E-state index contributed by atoms with van der Waals surface area (Å²) in [5, 5.41) is 0. The molecule has 0 fully saturated rings. The maximum absolute atomic E-state index is 5.57. The van der Waals surface area contributed by atoms with Crippen LogP contribution < -0.4 is 5.73 Å². The predicted molar refractivity (Wildman–Crippen MR) is 69.0 cm³/mol. The van der Waals surface area contributed by atoms with Crippen molar-refractivity contribution in [1.82, 2.24) is 4.90 Å². The van der Waals surface area contributed by atoms with Gasteiger partial charge in [0.25, 0.3) is 0 Å². The van der Waals surface area contributed by atoms with Crippen LogP contribution in [0.4, 0.5) is 0 Å². The molecule has 0 saturated carbocycles. The average Bonchev–Trinajstić information content (AvgIpc) is 2.09. The second-order valence-corrected chi connectivity index (χ2v) is 5.88. The van der Waals surface area contributed by atoms with Gasteiger partial charge in [0.15, 0.2) is 0 Å². The van der Waals surface area contributed by atoms with Gasteiger partial charge in [-0.1, -0.05) is 34.6 Å². The molecule has 0 rings (SSSR count). The maximum Gasteiger partial charge on any atom is 0.0104 e. The minimum atomic E-state index is 0.463. The van der Waals surface area contributed by atoms with Crippen molar-refractivity contribution in [2.75, 3.05) is 26.2 Å². The lowest BCUT2D eigenvalue weighted by atomic mass is 9.84. The van der Waals surface area contributed by atoms with Crippen LogP contribution in [0.3, 0.4) is 0 Å². The molecule has 1 atom stereocenters. The van der Waals surface area contributed by atoms with Crippen molar-refractivity contribution in [1.29, 1.82) is 0 Å². The second-order valence-electron chi connectivity index (χ2n) is 5.88. The van der Waals surface area contributed by atoms with E-state index in [9.17, 15) is 0 Å². The monoisotopic (exact) mass is 214 g/mol. The van der Waals surface area contributed by atoms with Gasteiger partial charge in [0.1, 0.15) is 0 Å². The summed E-state index contributed by atoms with van der Waals surface area (Å²) in [4.78, 5) is 2.44. The number of rotatable bonds is 7. The molecule has 0 bridgehead atoms. The Kier molecular flexibility index (Phi) is 7.20. The van der Waals surface area contributed by atoms with Crippen molar-refractivity contribution >= 4 is 0 Å². The van der Waals surface area contributed by atoms with Crippen LogP contribution in [0.2, 0.25) is 0 Å². The lowest BCUT2D eigenvalue weighted by molar-refractivity contribution is 0.239. The van der Waals surface area contributed by atoms with Gasteiger partial charge in [-0.25, -0.2) is 0 Å². The van der Waals surface area contributed by atoms with Gasteiger partial charge >= 0.3 is 0 Å². The first-order valence-corrected chi connectivity index (χ1v) is 6.31. The van der Waals surface area contributed by atoms with E-state index in [0.717, 1.165) is 25.6 Å². The Morgan fingerprint density at radius 1 is 1.20 bits per heavy atom. The van der Waals surface area contributed by atoms with Gasteiger partial charge in [0, 0.05) is 13.1 Å². The Morgan fingerprint density at radius 3 is 2.20 bits per heavy atom. The van der Waals surface area contributed by atoms with Crippen LogP contribution in [0.5, 0.6) is 0 Å². The average molecular weight is 214 g/mol. The Bertz CT molecular complexity index is 149. The summed E-state index contributed by atoms with van der Waals surface area (Å²) in [5.74, 6) is 0.817. The van der Waals surface area contributed by atoms with E-state index in [1.165, 1.54) is 19.4 Å². The van der Waals surface area contributed by atoms with E-state index in [1.54, 1.807) is 0 Å². The number of nitrogens with zero attached hydrogens (tertiary/aromatic N) is 1. The van der Waals surface area contributed by atoms with Crippen molar-refractivity contribution in [2.45, 2.75) is 47.5 Å². The van der Waals surface area contributed by atoms with E-state index in [1.807, 2.05) is 0 Å². The molecule has 92 valence electrons. The fourth-order valence-corrected chi connectivity index (χ4v) is 2.16. The van der Waals surface area contributed by atoms with Crippen LogP contribution in [-0.4, -0.2) is 31.1 Å². The standard InChI is InChI=1S/C13H30N2/c1-6-15(10-8-14)9-7-12(2)11-13(3,4)5/h12H,6-11,14H2,1-5H3. The van der Waals surface area contributed by atoms with Gasteiger partial charge in [0.2, 0.25) is 0 Å². The van der Waals surface area contributed by atoms with Crippen LogP contribution in [0.15, 0.2) is 0 Å². The molecule has 0 heterocycles. The number of likely N-dealkylation sites (N-methyl/N-ethyl adjacent to an activating group) is 1. The fourth-order valence-electron chi connectivity index (χ4n) is 2.16. The molecular weight excluding hydrogens is 184 g/mol. The van der Waals surface area contributed by atoms with Gasteiger partial charge < -0.3 is 10.6 Å². The zero-order valence-electron chi connectivity index (χ0n) is 11.3. The molecule has 0 aromatic heterocycles. The fraction of sp³-hybridized carbons (Fsp3) is 1.00. The van der Waals surface area contributed by atoms with Crippen LogP contribution in [0, 0.1) is 11.3 Å². The Balaban J connectivity index is 3.73. The topological polar surface area (TPSA) is 29.3 Å². The largest absolute Gasteiger partial charge is 0.329 e. The third kappa shape index (κ3) is 8.88. The lowest BCUT2D eigenvalue weighted by Gasteiger charge is -2.26. The molecular formula is C13H30N2. The lowest BCUT2D eigenvalue weighted by Crippen LogP contribution is -2.31. The van der Waals surface area contributed by atoms with Crippen LogP contribution in [0.1, 0.15) is 47.5 Å². The van der Waals surface area contributed by atoms with E-state index in [4.69, 9.17) is 5.73 Å². The first-order chi connectivity index (χ1) is 6.89. The molecule has 0 amide bonds. The third-order valence-corrected chi connectivity index (χ3v) is 2.79. The summed E-state index contributed by atoms with van der Waals surface area (Å²) >= 11 is 0. The van der Waals surface area contributed by atoms with Crippen molar-refractivity contribution in [2.24, 2.45) is 17.1 Å². The van der Waals surface area contributed by atoms with E-state index < -0.39 is 0 Å². The molecule has 0 aromatic carbocycles. The number of hydrogen-bond acceptors (Lipinski definition) is 2. The van der Waals surface area contributed by atoms with E-state index >= 15 is 0 Å². The molecule has 15 heavy (non-hydrogen) atoms. The minimum Gasteiger partial charge on any atom is -0.329 e.